The third-order valence-electron chi connectivity index (χ3n) is 2.41. The van der Waals surface area contributed by atoms with Crippen molar-refractivity contribution in [2.45, 2.75) is 6.92 Å². The predicted octanol–water partition coefficient (Wildman–Crippen LogP) is 3.23. The van der Waals surface area contributed by atoms with E-state index in [1.165, 1.54) is 0 Å². The molecule has 0 saturated carbocycles. The standard InChI is InChI=1S/C15H17N3O/c1-2-17-15(16)18-12-7-6-10-14(11-12)19-13-8-4-3-5-9-13/h3-11H,2H2,1H3,(H3,16,17,18). The van der Waals surface area contributed by atoms with Crippen LogP contribution in [0, 0.1) is 0 Å². The van der Waals surface area contributed by atoms with Gasteiger partial charge in [-0.25, -0.2) is 0 Å². The zero-order valence-electron chi connectivity index (χ0n) is 10.8. The number of guanidine groups is 1. The number of aliphatic imine (C=N–C) groups is 1. The molecule has 0 bridgehead atoms. The maximum Gasteiger partial charge on any atom is 0.193 e. The second-order valence-corrected chi connectivity index (χ2v) is 3.93. The average molecular weight is 255 g/mol. The van der Waals surface area contributed by atoms with Crippen molar-refractivity contribution in [1.29, 1.82) is 0 Å². The Morgan fingerprint density at radius 3 is 2.58 bits per heavy atom. The summed E-state index contributed by atoms with van der Waals surface area (Å²) in [6, 6.07) is 17.2. The summed E-state index contributed by atoms with van der Waals surface area (Å²) < 4.78 is 5.74. The average Bonchev–Trinajstić information content (AvgIpc) is 2.40. The molecule has 0 amide bonds. The first-order valence-corrected chi connectivity index (χ1v) is 6.18. The summed E-state index contributed by atoms with van der Waals surface area (Å²) in [5, 5.41) is 3.02. The first kappa shape index (κ1) is 13.0. The molecule has 4 nitrogen and oxygen atoms in total. The van der Waals surface area contributed by atoms with Crippen molar-refractivity contribution in [1.82, 2.24) is 0 Å². The molecule has 4 heteroatoms. The Kier molecular flexibility index (Phi) is 4.39. The van der Waals surface area contributed by atoms with Gasteiger partial charge < -0.3 is 15.8 Å². The van der Waals surface area contributed by atoms with Crippen LogP contribution >= 0.6 is 0 Å². The van der Waals surface area contributed by atoms with Crippen LogP contribution < -0.4 is 15.8 Å². The highest BCUT2D eigenvalue weighted by Crippen LogP contribution is 2.23. The minimum Gasteiger partial charge on any atom is -0.457 e. The van der Waals surface area contributed by atoms with Gasteiger partial charge in [-0.05, 0) is 31.2 Å². The lowest BCUT2D eigenvalue weighted by molar-refractivity contribution is 0.483. The molecule has 0 aromatic heterocycles. The summed E-state index contributed by atoms with van der Waals surface area (Å²) in [7, 11) is 0. The molecule has 0 aliphatic rings. The second-order valence-electron chi connectivity index (χ2n) is 3.93. The van der Waals surface area contributed by atoms with Gasteiger partial charge in [0.05, 0.1) is 0 Å². The highest BCUT2D eigenvalue weighted by molar-refractivity contribution is 5.92. The minimum atomic E-state index is 0.402. The Labute approximate surface area is 112 Å². The van der Waals surface area contributed by atoms with Crippen LogP contribution in [0.4, 0.5) is 5.69 Å². The summed E-state index contributed by atoms with van der Waals surface area (Å²) in [5.74, 6) is 1.95. The van der Waals surface area contributed by atoms with E-state index >= 15 is 0 Å². The number of para-hydroxylation sites is 1. The van der Waals surface area contributed by atoms with Gasteiger partial charge in [-0.2, -0.15) is 0 Å². The highest BCUT2D eigenvalue weighted by Gasteiger charge is 1.99. The lowest BCUT2D eigenvalue weighted by Gasteiger charge is -2.09. The van der Waals surface area contributed by atoms with Crippen LogP contribution in [0.5, 0.6) is 11.5 Å². The fourth-order valence-electron chi connectivity index (χ4n) is 1.62. The van der Waals surface area contributed by atoms with Gasteiger partial charge in [0.25, 0.3) is 0 Å². The van der Waals surface area contributed by atoms with E-state index in [9.17, 15) is 0 Å². The van der Waals surface area contributed by atoms with E-state index in [0.29, 0.717) is 12.5 Å². The quantitative estimate of drug-likeness (QED) is 0.651. The van der Waals surface area contributed by atoms with Crippen LogP contribution in [-0.2, 0) is 0 Å². The fourth-order valence-corrected chi connectivity index (χ4v) is 1.62. The summed E-state index contributed by atoms with van der Waals surface area (Å²) in [6.07, 6.45) is 0. The van der Waals surface area contributed by atoms with E-state index < -0.39 is 0 Å². The van der Waals surface area contributed by atoms with Gasteiger partial charge in [0.2, 0.25) is 0 Å². The van der Waals surface area contributed by atoms with Gasteiger partial charge in [-0.15, -0.1) is 0 Å². The second kappa shape index (κ2) is 6.44. The molecule has 2 rings (SSSR count). The lowest BCUT2D eigenvalue weighted by atomic mass is 10.3. The van der Waals surface area contributed by atoms with Crippen LogP contribution in [0.1, 0.15) is 6.92 Å². The highest BCUT2D eigenvalue weighted by atomic mass is 16.5. The zero-order chi connectivity index (χ0) is 13.5. The monoisotopic (exact) mass is 255 g/mol. The van der Waals surface area contributed by atoms with Gasteiger partial charge in [0.1, 0.15) is 11.5 Å². The van der Waals surface area contributed by atoms with Crippen molar-refractivity contribution in [2.75, 3.05) is 11.9 Å². The molecule has 98 valence electrons. The smallest absolute Gasteiger partial charge is 0.193 e. The number of rotatable bonds is 4. The molecule has 0 aliphatic carbocycles. The molecular weight excluding hydrogens is 238 g/mol. The van der Waals surface area contributed by atoms with Crippen LogP contribution in [0.3, 0.4) is 0 Å². The summed E-state index contributed by atoms with van der Waals surface area (Å²) >= 11 is 0. The molecule has 2 aromatic rings. The topological polar surface area (TPSA) is 59.6 Å². The lowest BCUT2D eigenvalue weighted by Crippen LogP contribution is -2.22. The van der Waals surface area contributed by atoms with Crippen molar-refractivity contribution in [2.24, 2.45) is 10.7 Å². The van der Waals surface area contributed by atoms with Crippen LogP contribution in [0.25, 0.3) is 0 Å². The Balaban J connectivity index is 2.09. The third-order valence-corrected chi connectivity index (χ3v) is 2.41. The molecule has 0 radical (unpaired) electrons. The predicted molar refractivity (Wildman–Crippen MR) is 78.7 cm³/mol. The van der Waals surface area contributed by atoms with Crippen LogP contribution in [0.2, 0.25) is 0 Å². The van der Waals surface area contributed by atoms with E-state index in [2.05, 4.69) is 10.3 Å². The molecule has 0 heterocycles. The molecule has 0 aliphatic heterocycles. The van der Waals surface area contributed by atoms with E-state index in [1.54, 1.807) is 0 Å². The first-order valence-electron chi connectivity index (χ1n) is 6.18. The number of nitrogens with zero attached hydrogens (tertiary/aromatic N) is 1. The SMILES string of the molecule is CCN=C(N)Nc1cccc(Oc2ccccc2)c1. The van der Waals surface area contributed by atoms with Crippen molar-refractivity contribution in [3.63, 3.8) is 0 Å². The maximum absolute atomic E-state index is 5.74. The number of hydrogen-bond acceptors (Lipinski definition) is 2. The van der Waals surface area contributed by atoms with E-state index in [0.717, 1.165) is 17.2 Å². The summed E-state index contributed by atoms with van der Waals surface area (Å²) in [5.41, 5.74) is 6.57. The third kappa shape index (κ3) is 4.03. The van der Waals surface area contributed by atoms with Gasteiger partial charge >= 0.3 is 0 Å². The molecule has 0 fully saturated rings. The Bertz CT molecular complexity index is 552. The van der Waals surface area contributed by atoms with Crippen molar-refractivity contribution in [3.05, 3.63) is 54.6 Å². The van der Waals surface area contributed by atoms with Gasteiger partial charge in [-0.3, -0.25) is 4.99 Å². The van der Waals surface area contributed by atoms with Gasteiger partial charge in [0.15, 0.2) is 5.96 Å². The van der Waals surface area contributed by atoms with Crippen molar-refractivity contribution >= 4 is 11.6 Å². The number of hydrogen-bond donors (Lipinski definition) is 2. The molecule has 0 unspecified atom stereocenters. The summed E-state index contributed by atoms with van der Waals surface area (Å²) in [4.78, 5) is 4.08. The van der Waals surface area contributed by atoms with Gasteiger partial charge in [0, 0.05) is 18.3 Å². The molecule has 3 N–H and O–H groups in total. The Morgan fingerprint density at radius 1 is 1.11 bits per heavy atom. The molecule has 19 heavy (non-hydrogen) atoms. The van der Waals surface area contributed by atoms with Crippen LogP contribution in [-0.4, -0.2) is 12.5 Å². The molecule has 0 spiro atoms. The molecule has 0 saturated heterocycles. The Hall–Kier alpha value is -2.49. The number of nitrogens with one attached hydrogen (secondary N) is 1. The van der Waals surface area contributed by atoms with Gasteiger partial charge in [-0.1, -0.05) is 24.3 Å². The van der Waals surface area contributed by atoms with E-state index in [-0.39, 0.29) is 0 Å². The Morgan fingerprint density at radius 2 is 1.84 bits per heavy atom. The van der Waals surface area contributed by atoms with E-state index in [4.69, 9.17) is 10.5 Å². The summed E-state index contributed by atoms with van der Waals surface area (Å²) in [6.45, 7) is 2.59. The van der Waals surface area contributed by atoms with Crippen molar-refractivity contribution < 1.29 is 4.74 Å². The van der Waals surface area contributed by atoms with E-state index in [1.807, 2.05) is 61.5 Å². The zero-order valence-corrected chi connectivity index (χ0v) is 10.8. The molecular formula is C15H17N3O. The number of anilines is 1. The fraction of sp³-hybridized carbons (Fsp3) is 0.133. The normalized spacial score (nSPS) is 11.1. The number of nitrogens with two attached hydrogens (primary N) is 1. The van der Waals surface area contributed by atoms with Crippen molar-refractivity contribution in [3.8, 4) is 11.5 Å². The molecule has 2 aromatic carbocycles. The number of benzene rings is 2. The molecule has 0 atom stereocenters. The van der Waals surface area contributed by atoms with Crippen LogP contribution in [0.15, 0.2) is 59.6 Å². The minimum absolute atomic E-state index is 0.402. The first-order chi connectivity index (χ1) is 9.28. The number of ether oxygens (including phenoxy) is 1. The largest absolute Gasteiger partial charge is 0.457 e. The maximum atomic E-state index is 5.74.